The molecule has 2 atom stereocenters. The van der Waals surface area contributed by atoms with Gasteiger partial charge in [-0.15, -0.1) is 0 Å². The van der Waals surface area contributed by atoms with E-state index in [1.165, 1.54) is 19.3 Å². The number of fused-ring (bicyclic) bond motifs is 1. The second kappa shape index (κ2) is 8.14. The van der Waals surface area contributed by atoms with Gasteiger partial charge in [-0.05, 0) is 36.8 Å². The molecule has 1 amide bonds. The monoisotopic (exact) mass is 372 g/mol. The number of hydrogen-bond donors (Lipinski definition) is 1. The molecule has 0 saturated heterocycles. The first kappa shape index (κ1) is 18.7. The number of para-hydroxylation sites is 1. The Labute approximate surface area is 167 Å². The molecule has 0 aliphatic heterocycles. The zero-order chi connectivity index (χ0) is 19.5. The number of benzene rings is 2. The molecular weight excluding hydrogens is 344 g/mol. The van der Waals surface area contributed by atoms with Gasteiger partial charge in [0.1, 0.15) is 0 Å². The lowest BCUT2D eigenvalue weighted by Gasteiger charge is -2.30. The summed E-state index contributed by atoms with van der Waals surface area (Å²) < 4.78 is 0. The van der Waals surface area contributed by atoms with Crippen LogP contribution >= 0.6 is 0 Å². The molecule has 28 heavy (non-hydrogen) atoms. The summed E-state index contributed by atoms with van der Waals surface area (Å²) in [7, 11) is 0. The molecule has 0 bridgehead atoms. The summed E-state index contributed by atoms with van der Waals surface area (Å²) in [5, 5.41) is 4.31. The van der Waals surface area contributed by atoms with Gasteiger partial charge >= 0.3 is 0 Å². The van der Waals surface area contributed by atoms with E-state index >= 15 is 0 Å². The van der Waals surface area contributed by atoms with Gasteiger partial charge in [0, 0.05) is 17.0 Å². The molecule has 3 aromatic rings. The van der Waals surface area contributed by atoms with Crippen LogP contribution in [0.1, 0.15) is 55.5 Å². The molecular formula is C25H28N2O. The Balaban J connectivity index is 1.84. The highest BCUT2D eigenvalue weighted by Crippen LogP contribution is 2.31. The minimum Gasteiger partial charge on any atom is -0.349 e. The van der Waals surface area contributed by atoms with Gasteiger partial charge in [-0.2, -0.15) is 0 Å². The number of pyridine rings is 1. The lowest BCUT2D eigenvalue weighted by atomic mass is 9.85. The summed E-state index contributed by atoms with van der Waals surface area (Å²) in [5.74, 6) is 0.579. The average Bonchev–Trinajstić information content (AvgIpc) is 2.74. The molecule has 1 saturated carbocycles. The molecule has 1 N–H and O–H groups in total. The van der Waals surface area contributed by atoms with Crippen LogP contribution in [0.3, 0.4) is 0 Å². The standard InChI is InChI=1S/C25H28N2O/c1-3-19-23(25(28)27-21-15-9-7-11-17(21)2)20-14-8-10-16-22(20)26-24(19)18-12-5-4-6-13-18/h4-6,8,10,12-14,16-17,21H,3,7,9,11,15H2,1-2H3,(H,27,28)/t17-,21-/m0/s1. The van der Waals surface area contributed by atoms with Crippen LogP contribution in [0.2, 0.25) is 0 Å². The Kier molecular flexibility index (Phi) is 5.43. The lowest BCUT2D eigenvalue weighted by molar-refractivity contribution is 0.0911. The third kappa shape index (κ3) is 3.54. The molecule has 144 valence electrons. The lowest BCUT2D eigenvalue weighted by Crippen LogP contribution is -2.41. The predicted molar refractivity (Wildman–Crippen MR) is 115 cm³/mol. The molecule has 3 heteroatoms. The summed E-state index contributed by atoms with van der Waals surface area (Å²) in [4.78, 5) is 18.4. The van der Waals surface area contributed by atoms with Gasteiger partial charge in [0.2, 0.25) is 0 Å². The number of carbonyl (C=O) groups excluding carboxylic acids is 1. The maximum absolute atomic E-state index is 13.5. The van der Waals surface area contributed by atoms with Gasteiger partial charge in [0.15, 0.2) is 0 Å². The van der Waals surface area contributed by atoms with E-state index in [4.69, 9.17) is 4.98 Å². The normalized spacial score (nSPS) is 19.5. The molecule has 4 rings (SSSR count). The van der Waals surface area contributed by atoms with Gasteiger partial charge < -0.3 is 5.32 Å². The minimum absolute atomic E-state index is 0.0476. The number of carbonyl (C=O) groups is 1. The van der Waals surface area contributed by atoms with Crippen molar-refractivity contribution in [1.82, 2.24) is 10.3 Å². The fraction of sp³-hybridized carbons (Fsp3) is 0.360. The minimum atomic E-state index is 0.0476. The van der Waals surface area contributed by atoms with Crippen LogP contribution in [-0.4, -0.2) is 16.9 Å². The topological polar surface area (TPSA) is 42.0 Å². The van der Waals surface area contributed by atoms with Gasteiger partial charge in [0.25, 0.3) is 5.91 Å². The third-order valence-electron chi connectivity index (χ3n) is 6.05. The fourth-order valence-corrected chi connectivity index (χ4v) is 4.46. The predicted octanol–water partition coefficient (Wildman–Crippen LogP) is 5.77. The number of nitrogens with zero attached hydrogens (tertiary/aromatic N) is 1. The molecule has 0 radical (unpaired) electrons. The van der Waals surface area contributed by atoms with E-state index < -0.39 is 0 Å². The quantitative estimate of drug-likeness (QED) is 0.631. The zero-order valence-electron chi connectivity index (χ0n) is 16.7. The highest BCUT2D eigenvalue weighted by molar-refractivity contribution is 6.09. The third-order valence-corrected chi connectivity index (χ3v) is 6.05. The highest BCUT2D eigenvalue weighted by atomic mass is 16.1. The Hall–Kier alpha value is -2.68. The van der Waals surface area contributed by atoms with Crippen molar-refractivity contribution in [2.75, 3.05) is 0 Å². The average molecular weight is 373 g/mol. The maximum atomic E-state index is 13.5. The van der Waals surface area contributed by atoms with Crippen LogP contribution in [-0.2, 0) is 6.42 Å². The second-order valence-corrected chi connectivity index (χ2v) is 7.89. The largest absolute Gasteiger partial charge is 0.349 e. The Morgan fingerprint density at radius 2 is 1.75 bits per heavy atom. The van der Waals surface area contributed by atoms with Crippen molar-refractivity contribution in [2.45, 2.75) is 52.0 Å². The van der Waals surface area contributed by atoms with Crippen LogP contribution in [0.4, 0.5) is 0 Å². The van der Waals surface area contributed by atoms with Crippen LogP contribution < -0.4 is 5.32 Å². The van der Waals surface area contributed by atoms with Gasteiger partial charge in [0.05, 0.1) is 16.8 Å². The van der Waals surface area contributed by atoms with Crippen LogP contribution in [0, 0.1) is 5.92 Å². The molecule has 2 aromatic carbocycles. The number of aromatic nitrogens is 1. The molecule has 1 heterocycles. The number of hydrogen-bond acceptors (Lipinski definition) is 2. The number of rotatable bonds is 4. The SMILES string of the molecule is CCc1c(-c2ccccc2)nc2ccccc2c1C(=O)N[C@H]1CCCC[C@@H]1C. The van der Waals surface area contributed by atoms with Crippen LogP contribution in [0.25, 0.3) is 22.2 Å². The molecule has 0 spiro atoms. The van der Waals surface area contributed by atoms with E-state index in [9.17, 15) is 4.79 Å². The molecule has 1 aliphatic rings. The van der Waals surface area contributed by atoms with Crippen molar-refractivity contribution in [3.8, 4) is 11.3 Å². The van der Waals surface area contributed by atoms with E-state index in [2.05, 4.69) is 31.3 Å². The molecule has 1 aliphatic carbocycles. The first-order valence-corrected chi connectivity index (χ1v) is 10.5. The highest BCUT2D eigenvalue weighted by Gasteiger charge is 2.26. The van der Waals surface area contributed by atoms with Crippen molar-refractivity contribution < 1.29 is 4.79 Å². The molecule has 1 fully saturated rings. The van der Waals surface area contributed by atoms with Crippen molar-refractivity contribution >= 4 is 16.8 Å². The summed E-state index contributed by atoms with van der Waals surface area (Å²) in [6.45, 7) is 4.36. The first-order chi connectivity index (χ1) is 13.7. The van der Waals surface area contributed by atoms with Crippen LogP contribution in [0.15, 0.2) is 54.6 Å². The molecule has 3 nitrogen and oxygen atoms in total. The van der Waals surface area contributed by atoms with E-state index in [0.29, 0.717) is 5.92 Å². The maximum Gasteiger partial charge on any atom is 0.252 e. The second-order valence-electron chi connectivity index (χ2n) is 7.89. The zero-order valence-corrected chi connectivity index (χ0v) is 16.7. The number of amides is 1. The molecule has 1 aromatic heterocycles. The van der Waals surface area contributed by atoms with E-state index in [1.54, 1.807) is 0 Å². The van der Waals surface area contributed by atoms with Gasteiger partial charge in [-0.1, -0.05) is 75.2 Å². The van der Waals surface area contributed by atoms with Gasteiger partial charge in [-0.3, -0.25) is 4.79 Å². The summed E-state index contributed by atoms with van der Waals surface area (Å²) in [5.41, 5.74) is 4.69. The Morgan fingerprint density at radius 3 is 2.50 bits per heavy atom. The first-order valence-electron chi connectivity index (χ1n) is 10.5. The van der Waals surface area contributed by atoms with Crippen molar-refractivity contribution in [2.24, 2.45) is 5.92 Å². The summed E-state index contributed by atoms with van der Waals surface area (Å²) in [6, 6.07) is 18.5. The Morgan fingerprint density at radius 1 is 1.04 bits per heavy atom. The van der Waals surface area contributed by atoms with Gasteiger partial charge in [-0.25, -0.2) is 4.98 Å². The van der Waals surface area contributed by atoms with Crippen molar-refractivity contribution in [3.63, 3.8) is 0 Å². The number of nitrogens with one attached hydrogen (secondary N) is 1. The van der Waals surface area contributed by atoms with Crippen molar-refractivity contribution in [3.05, 3.63) is 65.7 Å². The van der Waals surface area contributed by atoms with E-state index in [-0.39, 0.29) is 11.9 Å². The summed E-state index contributed by atoms with van der Waals surface area (Å²) >= 11 is 0. The summed E-state index contributed by atoms with van der Waals surface area (Å²) in [6.07, 6.45) is 5.50. The fourth-order valence-electron chi connectivity index (χ4n) is 4.46. The van der Waals surface area contributed by atoms with E-state index in [0.717, 1.165) is 46.1 Å². The van der Waals surface area contributed by atoms with E-state index in [1.807, 2.05) is 42.5 Å². The van der Waals surface area contributed by atoms with Crippen LogP contribution in [0.5, 0.6) is 0 Å². The molecule has 0 unspecified atom stereocenters. The smallest absolute Gasteiger partial charge is 0.252 e. The Bertz CT molecular complexity index is 981. The van der Waals surface area contributed by atoms with Crippen molar-refractivity contribution in [1.29, 1.82) is 0 Å².